The van der Waals surface area contributed by atoms with Gasteiger partial charge in [0.05, 0.1) is 13.5 Å². The van der Waals surface area contributed by atoms with Gasteiger partial charge in [0, 0.05) is 6.04 Å². The molecular formula is C23H33NO2. The molecule has 26 heavy (non-hydrogen) atoms. The zero-order chi connectivity index (χ0) is 18.4. The van der Waals surface area contributed by atoms with Crippen LogP contribution in [-0.2, 0) is 11.2 Å². The Morgan fingerprint density at radius 2 is 1.69 bits per heavy atom. The summed E-state index contributed by atoms with van der Waals surface area (Å²) in [5, 5.41) is 3.25. The molecule has 2 saturated carbocycles. The number of allylic oxidation sites excluding steroid dienone is 2. The van der Waals surface area contributed by atoms with Crippen molar-refractivity contribution in [1.82, 2.24) is 5.32 Å². The Kier molecular flexibility index (Phi) is 6.76. The molecule has 1 amide bonds. The maximum atomic E-state index is 12.4. The smallest absolute Gasteiger partial charge is 0.224 e. The minimum atomic E-state index is 0.131. The van der Waals surface area contributed by atoms with Gasteiger partial charge in [0.25, 0.3) is 0 Å². The Bertz CT molecular complexity index is 642. The third-order valence-corrected chi connectivity index (χ3v) is 6.00. The average molecular weight is 356 g/mol. The van der Waals surface area contributed by atoms with Crippen LogP contribution in [0.4, 0.5) is 0 Å². The molecular weight excluding hydrogens is 322 g/mol. The van der Waals surface area contributed by atoms with E-state index in [9.17, 15) is 4.79 Å². The van der Waals surface area contributed by atoms with Gasteiger partial charge in [0.15, 0.2) is 0 Å². The van der Waals surface area contributed by atoms with E-state index in [1.807, 2.05) is 25.1 Å². The summed E-state index contributed by atoms with van der Waals surface area (Å²) in [6, 6.07) is 6.36. The van der Waals surface area contributed by atoms with Crippen molar-refractivity contribution in [2.45, 2.75) is 83.6 Å². The van der Waals surface area contributed by atoms with Crippen LogP contribution in [0.2, 0.25) is 0 Å². The second-order valence-corrected chi connectivity index (χ2v) is 7.94. The number of carbonyl (C=O) groups excluding carboxylic acids is 1. The molecule has 1 aromatic rings. The molecule has 2 aliphatic rings. The van der Waals surface area contributed by atoms with Gasteiger partial charge in [-0.1, -0.05) is 36.1 Å². The van der Waals surface area contributed by atoms with E-state index in [4.69, 9.17) is 4.74 Å². The molecule has 0 bridgehead atoms. The van der Waals surface area contributed by atoms with Crippen molar-refractivity contribution in [1.29, 1.82) is 0 Å². The number of ether oxygens (including phenoxy) is 1. The number of hydrogen-bond acceptors (Lipinski definition) is 2. The summed E-state index contributed by atoms with van der Waals surface area (Å²) < 4.78 is 5.36. The zero-order valence-corrected chi connectivity index (χ0v) is 16.4. The highest BCUT2D eigenvalue weighted by Crippen LogP contribution is 2.33. The quantitative estimate of drug-likeness (QED) is 0.591. The number of amides is 1. The molecule has 1 aromatic carbocycles. The maximum absolute atomic E-state index is 12.4. The van der Waals surface area contributed by atoms with Gasteiger partial charge in [-0.25, -0.2) is 0 Å². The third-order valence-electron chi connectivity index (χ3n) is 6.00. The Morgan fingerprint density at radius 1 is 1.04 bits per heavy atom. The van der Waals surface area contributed by atoms with E-state index in [0.717, 1.165) is 29.7 Å². The summed E-state index contributed by atoms with van der Waals surface area (Å²) >= 11 is 0. The lowest BCUT2D eigenvalue weighted by atomic mass is 9.85. The van der Waals surface area contributed by atoms with Crippen LogP contribution in [0.3, 0.4) is 0 Å². The fourth-order valence-electron chi connectivity index (χ4n) is 4.41. The SMILES string of the molecule is COc1cc(CC(=O)NC2CCC(=C3CCCCCC3)CC2)ccc1C. The van der Waals surface area contributed by atoms with E-state index < -0.39 is 0 Å². The first kappa shape index (κ1) is 19.0. The standard InChI is InChI=1S/C23H33NO2/c1-17-9-10-18(15-22(17)26-2)16-23(25)24-21-13-11-20(12-14-21)19-7-5-3-4-6-8-19/h9-10,15,21H,3-8,11-14,16H2,1-2H3,(H,24,25). The summed E-state index contributed by atoms with van der Waals surface area (Å²) in [6.07, 6.45) is 13.2. The maximum Gasteiger partial charge on any atom is 0.224 e. The molecule has 2 fully saturated rings. The van der Waals surface area contributed by atoms with Gasteiger partial charge in [-0.05, 0) is 75.5 Å². The summed E-state index contributed by atoms with van der Waals surface area (Å²) in [7, 11) is 1.68. The van der Waals surface area contributed by atoms with Crippen molar-refractivity contribution in [3.05, 3.63) is 40.5 Å². The fourth-order valence-corrected chi connectivity index (χ4v) is 4.41. The Morgan fingerprint density at radius 3 is 2.35 bits per heavy atom. The molecule has 0 spiro atoms. The monoisotopic (exact) mass is 355 g/mol. The second kappa shape index (κ2) is 9.25. The molecule has 3 nitrogen and oxygen atoms in total. The highest BCUT2D eigenvalue weighted by atomic mass is 16.5. The van der Waals surface area contributed by atoms with Crippen LogP contribution < -0.4 is 10.1 Å². The summed E-state index contributed by atoms with van der Waals surface area (Å²) in [5.41, 5.74) is 5.57. The lowest BCUT2D eigenvalue weighted by molar-refractivity contribution is -0.121. The van der Waals surface area contributed by atoms with Crippen molar-refractivity contribution >= 4 is 5.91 Å². The first-order valence-electron chi connectivity index (χ1n) is 10.3. The van der Waals surface area contributed by atoms with Crippen molar-refractivity contribution in [2.75, 3.05) is 7.11 Å². The predicted molar refractivity (Wildman–Crippen MR) is 107 cm³/mol. The number of benzene rings is 1. The summed E-state index contributed by atoms with van der Waals surface area (Å²) in [4.78, 5) is 12.4. The lowest BCUT2D eigenvalue weighted by Gasteiger charge is -2.27. The molecule has 0 saturated heterocycles. The molecule has 0 heterocycles. The minimum Gasteiger partial charge on any atom is -0.496 e. The van der Waals surface area contributed by atoms with Crippen LogP contribution in [0.15, 0.2) is 29.3 Å². The van der Waals surface area contributed by atoms with Crippen LogP contribution in [0.1, 0.15) is 75.3 Å². The van der Waals surface area contributed by atoms with Crippen LogP contribution >= 0.6 is 0 Å². The van der Waals surface area contributed by atoms with Crippen molar-refractivity contribution in [3.8, 4) is 5.75 Å². The predicted octanol–water partition coefficient (Wildman–Crippen LogP) is 5.26. The van der Waals surface area contributed by atoms with Gasteiger partial charge in [-0.3, -0.25) is 4.79 Å². The fraction of sp³-hybridized carbons (Fsp3) is 0.609. The van der Waals surface area contributed by atoms with Crippen molar-refractivity contribution in [2.24, 2.45) is 0 Å². The van der Waals surface area contributed by atoms with Crippen LogP contribution in [-0.4, -0.2) is 19.1 Å². The van der Waals surface area contributed by atoms with Gasteiger partial charge in [0.1, 0.15) is 5.75 Å². The van der Waals surface area contributed by atoms with Gasteiger partial charge < -0.3 is 10.1 Å². The van der Waals surface area contributed by atoms with Gasteiger partial charge in [-0.2, -0.15) is 0 Å². The van der Waals surface area contributed by atoms with Crippen LogP contribution in [0.25, 0.3) is 0 Å². The molecule has 0 unspecified atom stereocenters. The first-order valence-corrected chi connectivity index (χ1v) is 10.3. The van der Waals surface area contributed by atoms with Crippen molar-refractivity contribution in [3.63, 3.8) is 0 Å². The minimum absolute atomic E-state index is 0.131. The molecule has 1 N–H and O–H groups in total. The van der Waals surface area contributed by atoms with E-state index >= 15 is 0 Å². The normalized spacial score (nSPS) is 21.2. The topological polar surface area (TPSA) is 38.3 Å². The Balaban J connectivity index is 1.49. The number of carbonyl (C=O) groups is 1. The Hall–Kier alpha value is -1.77. The third kappa shape index (κ3) is 5.12. The molecule has 0 aromatic heterocycles. The zero-order valence-electron chi connectivity index (χ0n) is 16.4. The highest BCUT2D eigenvalue weighted by Gasteiger charge is 2.21. The lowest BCUT2D eigenvalue weighted by Crippen LogP contribution is -2.37. The summed E-state index contributed by atoms with van der Waals surface area (Å²) in [6.45, 7) is 2.02. The summed E-state index contributed by atoms with van der Waals surface area (Å²) in [5.74, 6) is 0.985. The molecule has 142 valence electrons. The Labute approximate surface area is 158 Å². The molecule has 0 radical (unpaired) electrons. The number of nitrogens with one attached hydrogen (secondary N) is 1. The van der Waals surface area contributed by atoms with Crippen molar-refractivity contribution < 1.29 is 9.53 Å². The van der Waals surface area contributed by atoms with E-state index in [0.29, 0.717) is 12.5 Å². The largest absolute Gasteiger partial charge is 0.496 e. The number of hydrogen-bond donors (Lipinski definition) is 1. The highest BCUT2D eigenvalue weighted by molar-refractivity contribution is 5.79. The van der Waals surface area contributed by atoms with E-state index in [1.54, 1.807) is 18.3 Å². The molecule has 2 aliphatic carbocycles. The number of aryl methyl sites for hydroxylation is 1. The van der Waals surface area contributed by atoms with Crippen LogP contribution in [0.5, 0.6) is 5.75 Å². The number of methoxy groups -OCH3 is 1. The molecule has 3 rings (SSSR count). The van der Waals surface area contributed by atoms with E-state index in [-0.39, 0.29) is 5.91 Å². The first-order chi connectivity index (χ1) is 12.7. The molecule has 0 aliphatic heterocycles. The van der Waals surface area contributed by atoms with Gasteiger partial charge in [-0.15, -0.1) is 0 Å². The van der Waals surface area contributed by atoms with E-state index in [2.05, 4.69) is 5.32 Å². The van der Waals surface area contributed by atoms with Gasteiger partial charge in [0.2, 0.25) is 5.91 Å². The van der Waals surface area contributed by atoms with Gasteiger partial charge >= 0.3 is 0 Å². The average Bonchev–Trinajstić information content (AvgIpc) is 2.93. The second-order valence-electron chi connectivity index (χ2n) is 7.94. The molecule has 3 heteroatoms. The number of rotatable bonds is 4. The van der Waals surface area contributed by atoms with E-state index in [1.165, 1.54) is 51.4 Å². The molecule has 0 atom stereocenters. The van der Waals surface area contributed by atoms with Crippen LogP contribution in [0, 0.1) is 6.92 Å².